The summed E-state index contributed by atoms with van der Waals surface area (Å²) >= 11 is 0. The van der Waals surface area contributed by atoms with Crippen molar-refractivity contribution in [1.82, 2.24) is 0 Å². The molecular weight excluding hydrogens is 320 g/mol. The zero-order chi connectivity index (χ0) is 14.5. The molecule has 0 spiro atoms. The molecule has 2 aromatic carbocycles. The Morgan fingerprint density at radius 2 is 0.950 bits per heavy atom. The molecule has 20 heavy (non-hydrogen) atoms. The molecule has 0 amide bonds. The van der Waals surface area contributed by atoms with Crippen molar-refractivity contribution in [2.45, 2.75) is 25.4 Å². The van der Waals surface area contributed by atoms with Gasteiger partial charge in [0.1, 0.15) is 0 Å². The molecule has 4 heteroatoms. The summed E-state index contributed by atoms with van der Waals surface area (Å²) in [5.74, 6) is 2.15. The Hall–Kier alpha value is -0.160. The predicted octanol–water partition coefficient (Wildman–Crippen LogP) is 7.09. The van der Waals surface area contributed by atoms with Crippen molar-refractivity contribution in [1.29, 1.82) is 0 Å². The molecule has 0 N–H and O–H groups in total. The molecule has 0 nitrogen and oxygen atoms in total. The fourth-order valence-electron chi connectivity index (χ4n) is 1.37. The summed E-state index contributed by atoms with van der Waals surface area (Å²) in [6, 6.07) is 21.2. The van der Waals surface area contributed by atoms with E-state index in [-0.39, 0.29) is 0 Å². The highest BCUT2D eigenvalue weighted by molar-refractivity contribution is 9.25. The topological polar surface area (TPSA) is 0 Å². The zero-order valence-electron chi connectivity index (χ0n) is 11.8. The van der Waals surface area contributed by atoms with Crippen molar-refractivity contribution >= 4 is 41.2 Å². The third-order valence-electron chi connectivity index (χ3n) is 2.26. The zero-order valence-corrected chi connectivity index (χ0v) is 15.1. The maximum atomic E-state index is 2.18. The van der Waals surface area contributed by atoms with E-state index in [4.69, 9.17) is 0 Å². The van der Waals surface area contributed by atoms with Crippen molar-refractivity contribution in [3.63, 3.8) is 0 Å². The van der Waals surface area contributed by atoms with Gasteiger partial charge in [-0.2, -0.15) is 0 Å². The van der Waals surface area contributed by atoms with Crippen LogP contribution in [0, 0.1) is 0 Å². The summed E-state index contributed by atoms with van der Waals surface area (Å²) in [5.41, 5.74) is 2.78. The number of benzene rings is 2. The van der Waals surface area contributed by atoms with Crippen LogP contribution in [-0.2, 0) is 11.5 Å². The van der Waals surface area contributed by atoms with Crippen LogP contribution in [-0.4, -0.2) is 0 Å². The van der Waals surface area contributed by atoms with Crippen LogP contribution in [0.1, 0.15) is 25.0 Å². The molecule has 2 rings (SSSR count). The van der Waals surface area contributed by atoms with Gasteiger partial charge in [0.2, 0.25) is 0 Å². The van der Waals surface area contributed by atoms with Gasteiger partial charge in [0.15, 0.2) is 0 Å². The number of hydrogen-bond donors (Lipinski definition) is 0. The third-order valence-corrected chi connectivity index (χ3v) is 8.59. The molecule has 0 saturated carbocycles. The van der Waals surface area contributed by atoms with E-state index < -0.39 is 0 Å². The van der Waals surface area contributed by atoms with Crippen LogP contribution >= 0.6 is 41.2 Å². The highest BCUT2D eigenvalue weighted by atomic mass is 33.7. The second kappa shape index (κ2) is 12.6. The van der Waals surface area contributed by atoms with Gasteiger partial charge in [-0.15, -0.1) is 0 Å². The fourth-order valence-corrected chi connectivity index (χ4v) is 7.24. The van der Waals surface area contributed by atoms with Crippen molar-refractivity contribution in [3.05, 3.63) is 71.8 Å². The molecular formula is C16H20S4. The molecule has 0 atom stereocenters. The molecule has 2 aromatic rings. The molecule has 0 saturated heterocycles. The average molecular weight is 341 g/mol. The minimum atomic E-state index is 1.07. The van der Waals surface area contributed by atoms with Gasteiger partial charge < -0.3 is 0 Å². The van der Waals surface area contributed by atoms with E-state index in [1.54, 1.807) is 0 Å². The summed E-state index contributed by atoms with van der Waals surface area (Å²) in [5, 5.41) is 0. The average Bonchev–Trinajstić information content (AvgIpc) is 2.55. The lowest BCUT2D eigenvalue weighted by atomic mass is 10.2. The van der Waals surface area contributed by atoms with Crippen LogP contribution in [0.2, 0.25) is 0 Å². The monoisotopic (exact) mass is 340 g/mol. The van der Waals surface area contributed by atoms with Crippen LogP contribution in [0.25, 0.3) is 0 Å². The summed E-state index contributed by atoms with van der Waals surface area (Å²) < 4.78 is 0. The normalized spacial score (nSPS) is 9.70. The first-order valence-electron chi connectivity index (χ1n) is 6.61. The first-order chi connectivity index (χ1) is 9.95. The molecule has 0 heterocycles. The largest absolute Gasteiger partial charge is 0.0769 e. The molecule has 0 unspecified atom stereocenters. The van der Waals surface area contributed by atoms with Gasteiger partial charge in [-0.3, -0.25) is 0 Å². The second-order valence-corrected chi connectivity index (χ2v) is 9.63. The molecule has 0 aliphatic heterocycles. The lowest BCUT2D eigenvalue weighted by molar-refractivity contribution is 1.43. The first kappa shape index (κ1) is 17.9. The molecule has 0 bridgehead atoms. The minimum absolute atomic E-state index is 1.07. The molecule has 108 valence electrons. The Bertz CT molecular complexity index is 387. The third kappa shape index (κ3) is 8.20. The van der Waals surface area contributed by atoms with Gasteiger partial charge in [-0.05, 0) is 30.8 Å². The smallest absolute Gasteiger partial charge is 0.0297 e. The van der Waals surface area contributed by atoms with E-state index in [0.29, 0.717) is 0 Å². The highest BCUT2D eigenvalue weighted by Gasteiger charge is 1.96. The van der Waals surface area contributed by atoms with E-state index in [1.807, 2.05) is 55.1 Å². The van der Waals surface area contributed by atoms with Crippen LogP contribution in [0.3, 0.4) is 0 Å². The van der Waals surface area contributed by atoms with Gasteiger partial charge >= 0.3 is 0 Å². The van der Waals surface area contributed by atoms with Crippen LogP contribution in [0.15, 0.2) is 60.7 Å². The van der Waals surface area contributed by atoms with E-state index in [9.17, 15) is 0 Å². The Labute approximate surface area is 138 Å². The van der Waals surface area contributed by atoms with Crippen molar-refractivity contribution in [2.24, 2.45) is 0 Å². The maximum Gasteiger partial charge on any atom is 0.0297 e. The van der Waals surface area contributed by atoms with Gasteiger partial charge in [0, 0.05) is 11.5 Å². The van der Waals surface area contributed by atoms with Gasteiger partial charge in [-0.1, -0.05) is 96.1 Å². The van der Waals surface area contributed by atoms with Crippen molar-refractivity contribution < 1.29 is 0 Å². The fraction of sp³-hybridized carbons (Fsp3) is 0.250. The Balaban J connectivity index is 0.000000956. The molecule has 0 radical (unpaired) electrons. The van der Waals surface area contributed by atoms with Crippen LogP contribution in [0.5, 0.6) is 0 Å². The van der Waals surface area contributed by atoms with Crippen LogP contribution < -0.4 is 0 Å². The van der Waals surface area contributed by atoms with Crippen molar-refractivity contribution in [2.75, 3.05) is 0 Å². The summed E-state index contributed by atoms with van der Waals surface area (Å²) in [4.78, 5) is 0. The number of rotatable bonds is 7. The Kier molecular flexibility index (Phi) is 11.2. The minimum Gasteiger partial charge on any atom is -0.0769 e. The maximum absolute atomic E-state index is 2.18. The van der Waals surface area contributed by atoms with E-state index >= 15 is 0 Å². The molecule has 0 aromatic heterocycles. The second-order valence-electron chi connectivity index (χ2n) is 3.63. The first-order valence-corrected chi connectivity index (χ1v) is 11.8. The SMILES string of the molecule is CC.c1ccc(CSSSSCc2ccccc2)cc1. The lowest BCUT2D eigenvalue weighted by Crippen LogP contribution is -1.75. The summed E-state index contributed by atoms with van der Waals surface area (Å²) in [6.07, 6.45) is 0. The summed E-state index contributed by atoms with van der Waals surface area (Å²) in [6.45, 7) is 4.00. The molecule has 0 fully saturated rings. The van der Waals surface area contributed by atoms with Crippen molar-refractivity contribution in [3.8, 4) is 0 Å². The van der Waals surface area contributed by atoms with E-state index in [1.165, 1.54) is 11.1 Å². The van der Waals surface area contributed by atoms with E-state index in [0.717, 1.165) is 11.5 Å². The number of hydrogen-bond acceptors (Lipinski definition) is 4. The van der Waals surface area contributed by atoms with Gasteiger partial charge in [-0.25, -0.2) is 0 Å². The van der Waals surface area contributed by atoms with Gasteiger partial charge in [0.05, 0.1) is 0 Å². The lowest BCUT2D eigenvalue weighted by Gasteiger charge is -2.01. The predicted molar refractivity (Wildman–Crippen MR) is 102 cm³/mol. The molecule has 0 aliphatic rings. The highest BCUT2D eigenvalue weighted by Crippen LogP contribution is 2.45. The van der Waals surface area contributed by atoms with Gasteiger partial charge in [0.25, 0.3) is 0 Å². The Morgan fingerprint density at radius 3 is 1.30 bits per heavy atom. The van der Waals surface area contributed by atoms with E-state index in [2.05, 4.69) is 60.7 Å². The Morgan fingerprint density at radius 1 is 0.600 bits per heavy atom. The van der Waals surface area contributed by atoms with Crippen LogP contribution in [0.4, 0.5) is 0 Å². The standard InChI is InChI=1S/C14H14S4.C2H6/c1-3-7-13(8-4-1)11-15-17-18-16-12-14-9-5-2-6-10-14;1-2/h1-10H,11-12H2;1-2H3. The quantitative estimate of drug-likeness (QED) is 0.389. The molecule has 0 aliphatic carbocycles. The summed E-state index contributed by atoms with van der Waals surface area (Å²) in [7, 11) is 7.53.